The second-order valence-electron chi connectivity index (χ2n) is 6.05. The molecule has 0 aliphatic carbocycles. The minimum absolute atomic E-state index is 0.466. The lowest BCUT2D eigenvalue weighted by Gasteiger charge is -2.21. The van der Waals surface area contributed by atoms with Gasteiger partial charge in [-0.25, -0.2) is 0 Å². The number of guanidine groups is 1. The van der Waals surface area contributed by atoms with Crippen LogP contribution in [0, 0.1) is 5.92 Å². The standard InChI is InChI=1S/C18H30N4/c1-4-15(5-2)13-20-18(19-3)21-16-11-12-22(14-16)17-9-7-6-8-10-17/h6-10,15-16H,4-5,11-14H2,1-3H3,(H2,19,20,21). The number of nitrogens with zero attached hydrogens (tertiary/aromatic N) is 2. The summed E-state index contributed by atoms with van der Waals surface area (Å²) in [4.78, 5) is 6.80. The number of para-hydroxylation sites is 1. The molecular weight excluding hydrogens is 272 g/mol. The van der Waals surface area contributed by atoms with Crippen LogP contribution in [-0.2, 0) is 0 Å². The predicted molar refractivity (Wildman–Crippen MR) is 95.6 cm³/mol. The summed E-state index contributed by atoms with van der Waals surface area (Å²) < 4.78 is 0. The Morgan fingerprint density at radius 2 is 2.00 bits per heavy atom. The normalized spacial score (nSPS) is 18.8. The van der Waals surface area contributed by atoms with Gasteiger partial charge >= 0.3 is 0 Å². The lowest BCUT2D eigenvalue weighted by Crippen LogP contribution is -2.45. The summed E-state index contributed by atoms with van der Waals surface area (Å²) >= 11 is 0. The molecule has 122 valence electrons. The molecule has 1 aromatic carbocycles. The summed E-state index contributed by atoms with van der Waals surface area (Å²) in [5.41, 5.74) is 1.31. The second kappa shape index (κ2) is 8.66. The highest BCUT2D eigenvalue weighted by Crippen LogP contribution is 2.19. The maximum Gasteiger partial charge on any atom is 0.191 e. The number of nitrogens with one attached hydrogen (secondary N) is 2. The Labute approximate surface area is 135 Å². The number of anilines is 1. The quantitative estimate of drug-likeness (QED) is 0.627. The molecule has 1 aliphatic rings. The number of hydrogen-bond acceptors (Lipinski definition) is 2. The third kappa shape index (κ3) is 4.65. The highest BCUT2D eigenvalue weighted by molar-refractivity contribution is 5.80. The molecule has 4 nitrogen and oxygen atoms in total. The van der Waals surface area contributed by atoms with E-state index in [1.807, 2.05) is 7.05 Å². The van der Waals surface area contributed by atoms with E-state index in [1.54, 1.807) is 0 Å². The van der Waals surface area contributed by atoms with Crippen molar-refractivity contribution in [3.8, 4) is 0 Å². The van der Waals surface area contributed by atoms with Gasteiger partial charge in [-0.1, -0.05) is 44.9 Å². The van der Waals surface area contributed by atoms with Crippen molar-refractivity contribution in [3.63, 3.8) is 0 Å². The zero-order valence-corrected chi connectivity index (χ0v) is 14.2. The molecule has 1 atom stereocenters. The average molecular weight is 302 g/mol. The van der Waals surface area contributed by atoms with Crippen molar-refractivity contribution in [3.05, 3.63) is 30.3 Å². The van der Waals surface area contributed by atoms with Crippen LogP contribution in [0.4, 0.5) is 5.69 Å². The molecule has 22 heavy (non-hydrogen) atoms. The Morgan fingerprint density at radius 1 is 1.27 bits per heavy atom. The van der Waals surface area contributed by atoms with Crippen LogP contribution in [0.15, 0.2) is 35.3 Å². The van der Waals surface area contributed by atoms with Gasteiger partial charge in [-0.2, -0.15) is 0 Å². The molecule has 1 saturated heterocycles. The minimum atomic E-state index is 0.466. The van der Waals surface area contributed by atoms with E-state index < -0.39 is 0 Å². The van der Waals surface area contributed by atoms with E-state index in [0.29, 0.717) is 6.04 Å². The Bertz CT molecular complexity index is 453. The summed E-state index contributed by atoms with van der Waals surface area (Å²) in [5, 5.41) is 7.04. The van der Waals surface area contributed by atoms with Crippen molar-refractivity contribution in [1.82, 2.24) is 10.6 Å². The molecule has 2 N–H and O–H groups in total. The van der Waals surface area contributed by atoms with Gasteiger partial charge in [0.1, 0.15) is 0 Å². The zero-order valence-electron chi connectivity index (χ0n) is 14.2. The fourth-order valence-electron chi connectivity index (χ4n) is 2.96. The minimum Gasteiger partial charge on any atom is -0.369 e. The Kier molecular flexibility index (Phi) is 6.56. The van der Waals surface area contributed by atoms with Crippen LogP contribution >= 0.6 is 0 Å². The molecular formula is C18H30N4. The van der Waals surface area contributed by atoms with Crippen molar-refractivity contribution < 1.29 is 0 Å². The molecule has 0 radical (unpaired) electrons. The van der Waals surface area contributed by atoms with Gasteiger partial charge in [0, 0.05) is 38.4 Å². The van der Waals surface area contributed by atoms with Crippen LogP contribution in [0.3, 0.4) is 0 Å². The first-order chi connectivity index (χ1) is 10.8. The first-order valence-electron chi connectivity index (χ1n) is 8.54. The van der Waals surface area contributed by atoms with Gasteiger partial charge in [0.2, 0.25) is 0 Å². The molecule has 0 spiro atoms. The fourth-order valence-corrected chi connectivity index (χ4v) is 2.96. The van der Waals surface area contributed by atoms with Gasteiger partial charge in [0.05, 0.1) is 0 Å². The summed E-state index contributed by atoms with van der Waals surface area (Å²) in [6.07, 6.45) is 3.58. The van der Waals surface area contributed by atoms with E-state index in [-0.39, 0.29) is 0 Å². The summed E-state index contributed by atoms with van der Waals surface area (Å²) in [6.45, 7) is 7.64. The summed E-state index contributed by atoms with van der Waals surface area (Å²) in [7, 11) is 1.85. The number of benzene rings is 1. The highest BCUT2D eigenvalue weighted by Gasteiger charge is 2.23. The van der Waals surface area contributed by atoms with Crippen LogP contribution in [0.2, 0.25) is 0 Å². The van der Waals surface area contributed by atoms with Crippen molar-refractivity contribution in [2.45, 2.75) is 39.2 Å². The Balaban J connectivity index is 1.81. The lowest BCUT2D eigenvalue weighted by atomic mass is 10.0. The highest BCUT2D eigenvalue weighted by atomic mass is 15.2. The van der Waals surface area contributed by atoms with Crippen LogP contribution < -0.4 is 15.5 Å². The van der Waals surface area contributed by atoms with Crippen molar-refractivity contribution in [1.29, 1.82) is 0 Å². The van der Waals surface area contributed by atoms with E-state index in [1.165, 1.54) is 18.5 Å². The number of hydrogen-bond donors (Lipinski definition) is 2. The summed E-state index contributed by atoms with van der Waals surface area (Å²) in [5.74, 6) is 1.66. The van der Waals surface area contributed by atoms with Gasteiger partial charge in [-0.15, -0.1) is 0 Å². The molecule has 1 aromatic rings. The molecule has 1 aliphatic heterocycles. The van der Waals surface area contributed by atoms with E-state index >= 15 is 0 Å². The SMILES string of the molecule is CCC(CC)CNC(=NC)NC1CCN(c2ccccc2)C1. The van der Waals surface area contributed by atoms with Crippen molar-refractivity contribution >= 4 is 11.6 Å². The predicted octanol–water partition coefficient (Wildman–Crippen LogP) is 2.87. The summed E-state index contributed by atoms with van der Waals surface area (Å²) in [6, 6.07) is 11.1. The first-order valence-corrected chi connectivity index (χ1v) is 8.54. The molecule has 0 bridgehead atoms. The van der Waals surface area contributed by atoms with Crippen LogP contribution in [0.25, 0.3) is 0 Å². The molecule has 2 rings (SSSR count). The molecule has 0 amide bonds. The number of rotatable bonds is 6. The molecule has 4 heteroatoms. The smallest absolute Gasteiger partial charge is 0.191 e. The second-order valence-corrected chi connectivity index (χ2v) is 6.05. The third-order valence-electron chi connectivity index (χ3n) is 4.59. The zero-order chi connectivity index (χ0) is 15.8. The van der Waals surface area contributed by atoms with Gasteiger partial charge < -0.3 is 15.5 Å². The molecule has 0 aromatic heterocycles. The van der Waals surface area contributed by atoms with E-state index in [2.05, 4.69) is 64.7 Å². The largest absolute Gasteiger partial charge is 0.369 e. The van der Waals surface area contributed by atoms with Gasteiger partial charge in [0.15, 0.2) is 5.96 Å². The van der Waals surface area contributed by atoms with E-state index in [0.717, 1.165) is 37.9 Å². The third-order valence-corrected chi connectivity index (χ3v) is 4.59. The van der Waals surface area contributed by atoms with Gasteiger partial charge in [0.25, 0.3) is 0 Å². The number of aliphatic imine (C=N–C) groups is 1. The van der Waals surface area contributed by atoms with Gasteiger partial charge in [-0.05, 0) is 24.5 Å². The van der Waals surface area contributed by atoms with Crippen LogP contribution in [-0.4, -0.2) is 38.7 Å². The van der Waals surface area contributed by atoms with Crippen LogP contribution in [0.5, 0.6) is 0 Å². The Morgan fingerprint density at radius 3 is 2.64 bits per heavy atom. The fraction of sp³-hybridized carbons (Fsp3) is 0.611. The molecule has 1 heterocycles. The molecule has 0 saturated carbocycles. The monoisotopic (exact) mass is 302 g/mol. The van der Waals surface area contributed by atoms with Crippen molar-refractivity contribution in [2.75, 3.05) is 31.6 Å². The topological polar surface area (TPSA) is 39.7 Å². The molecule has 1 fully saturated rings. The Hall–Kier alpha value is -1.71. The molecule has 1 unspecified atom stereocenters. The maximum absolute atomic E-state index is 4.37. The average Bonchev–Trinajstić information content (AvgIpc) is 3.04. The van der Waals surface area contributed by atoms with Crippen molar-refractivity contribution in [2.24, 2.45) is 10.9 Å². The van der Waals surface area contributed by atoms with E-state index in [4.69, 9.17) is 0 Å². The van der Waals surface area contributed by atoms with Crippen LogP contribution in [0.1, 0.15) is 33.1 Å². The van der Waals surface area contributed by atoms with E-state index in [9.17, 15) is 0 Å². The van der Waals surface area contributed by atoms with Gasteiger partial charge in [-0.3, -0.25) is 4.99 Å². The maximum atomic E-state index is 4.37. The lowest BCUT2D eigenvalue weighted by molar-refractivity contribution is 0.479. The first kappa shape index (κ1) is 16.7.